The average molecular weight is 291 g/mol. The predicted octanol–water partition coefficient (Wildman–Crippen LogP) is 3.35. The van der Waals surface area contributed by atoms with Gasteiger partial charge in [-0.05, 0) is 18.1 Å². The van der Waals surface area contributed by atoms with Gasteiger partial charge in [-0.2, -0.15) is 10.2 Å². The number of rotatable bonds is 5. The molecule has 22 heavy (non-hydrogen) atoms. The van der Waals surface area contributed by atoms with Crippen LogP contribution in [0.2, 0.25) is 0 Å². The van der Waals surface area contributed by atoms with E-state index in [0.29, 0.717) is 18.5 Å². The number of azo groups is 1. The fraction of sp³-hybridized carbons (Fsp3) is 0.167. The zero-order valence-corrected chi connectivity index (χ0v) is 12.1. The molecule has 1 heterocycles. The largest absolute Gasteiger partial charge is 0.296 e. The van der Waals surface area contributed by atoms with Gasteiger partial charge in [0.05, 0.1) is 5.70 Å². The lowest BCUT2D eigenvalue weighted by atomic mass is 9.98. The summed E-state index contributed by atoms with van der Waals surface area (Å²) in [4.78, 5) is 12.4. The Morgan fingerprint density at radius 2 is 1.64 bits per heavy atom. The zero-order chi connectivity index (χ0) is 15.4. The van der Waals surface area contributed by atoms with Gasteiger partial charge in [0.2, 0.25) is 5.66 Å². The SMILES string of the molecule is NC1(C(=O)CCc2ccccc2)C=C(c2ccccc2)N=N1. The molecule has 2 aromatic rings. The molecule has 1 aliphatic rings. The second-order valence-electron chi connectivity index (χ2n) is 5.33. The van der Waals surface area contributed by atoms with Crippen LogP contribution < -0.4 is 5.73 Å². The lowest BCUT2D eigenvalue weighted by Crippen LogP contribution is -2.43. The van der Waals surface area contributed by atoms with Gasteiger partial charge in [0.25, 0.3) is 0 Å². The third-order valence-electron chi connectivity index (χ3n) is 3.68. The molecule has 0 aliphatic carbocycles. The molecular formula is C18H17N3O. The van der Waals surface area contributed by atoms with Crippen molar-refractivity contribution in [3.63, 3.8) is 0 Å². The Morgan fingerprint density at radius 1 is 1.00 bits per heavy atom. The minimum absolute atomic E-state index is 0.119. The number of ketones is 1. The first-order valence-electron chi connectivity index (χ1n) is 7.25. The molecule has 110 valence electrons. The van der Waals surface area contributed by atoms with Crippen molar-refractivity contribution in [1.82, 2.24) is 0 Å². The van der Waals surface area contributed by atoms with Crippen LogP contribution in [0.25, 0.3) is 5.70 Å². The quantitative estimate of drug-likeness (QED) is 0.917. The number of carbonyl (C=O) groups excluding carboxylic acids is 1. The molecule has 3 rings (SSSR count). The molecule has 0 amide bonds. The van der Waals surface area contributed by atoms with Crippen molar-refractivity contribution in [2.24, 2.45) is 16.0 Å². The van der Waals surface area contributed by atoms with E-state index in [4.69, 9.17) is 5.73 Å². The molecule has 0 fully saturated rings. The zero-order valence-electron chi connectivity index (χ0n) is 12.1. The number of aryl methyl sites for hydroxylation is 1. The van der Waals surface area contributed by atoms with E-state index in [1.807, 2.05) is 60.7 Å². The molecule has 1 atom stereocenters. The number of hydrogen-bond donors (Lipinski definition) is 1. The normalized spacial score (nSPS) is 20.0. The molecule has 2 aromatic carbocycles. The smallest absolute Gasteiger partial charge is 0.209 e. The van der Waals surface area contributed by atoms with E-state index in [9.17, 15) is 4.79 Å². The van der Waals surface area contributed by atoms with Gasteiger partial charge >= 0.3 is 0 Å². The summed E-state index contributed by atoms with van der Waals surface area (Å²) in [5.74, 6) is -0.119. The van der Waals surface area contributed by atoms with Crippen LogP contribution in [0.3, 0.4) is 0 Å². The summed E-state index contributed by atoms with van der Waals surface area (Å²) in [7, 11) is 0. The van der Waals surface area contributed by atoms with Crippen molar-refractivity contribution >= 4 is 11.5 Å². The summed E-state index contributed by atoms with van der Waals surface area (Å²) in [5, 5.41) is 8.07. The summed E-state index contributed by atoms with van der Waals surface area (Å²) in [6, 6.07) is 19.5. The molecule has 0 spiro atoms. The standard InChI is InChI=1S/C18H17N3O/c19-18(17(22)12-11-14-7-3-1-4-8-14)13-16(20-21-18)15-9-5-2-6-10-15/h1-10,13H,11-12,19H2. The molecular weight excluding hydrogens is 274 g/mol. The Bertz CT molecular complexity index is 723. The second kappa shape index (κ2) is 6.03. The predicted molar refractivity (Wildman–Crippen MR) is 86.0 cm³/mol. The van der Waals surface area contributed by atoms with E-state index in [1.165, 1.54) is 0 Å². The summed E-state index contributed by atoms with van der Waals surface area (Å²) >= 11 is 0. The number of nitrogens with zero attached hydrogens (tertiary/aromatic N) is 2. The molecule has 0 aromatic heterocycles. The lowest BCUT2D eigenvalue weighted by molar-refractivity contribution is -0.122. The summed E-state index contributed by atoms with van der Waals surface area (Å²) in [6.45, 7) is 0. The number of carbonyl (C=O) groups is 1. The molecule has 2 N–H and O–H groups in total. The van der Waals surface area contributed by atoms with Crippen LogP contribution in [0.15, 0.2) is 77.0 Å². The maximum atomic E-state index is 12.4. The Kier molecular flexibility index (Phi) is 3.94. The van der Waals surface area contributed by atoms with Crippen LogP contribution >= 0.6 is 0 Å². The fourth-order valence-corrected chi connectivity index (χ4v) is 2.39. The van der Waals surface area contributed by atoms with Gasteiger partial charge in [0, 0.05) is 12.0 Å². The molecule has 4 heteroatoms. The highest BCUT2D eigenvalue weighted by Gasteiger charge is 2.35. The van der Waals surface area contributed by atoms with Crippen LogP contribution in [-0.2, 0) is 11.2 Å². The van der Waals surface area contributed by atoms with Crippen LogP contribution in [0, 0.1) is 0 Å². The lowest BCUT2D eigenvalue weighted by Gasteiger charge is -2.14. The number of Topliss-reactive ketones (excluding diaryl/α,β-unsaturated/α-hetero) is 1. The van der Waals surface area contributed by atoms with Gasteiger partial charge in [-0.15, -0.1) is 0 Å². The van der Waals surface area contributed by atoms with E-state index >= 15 is 0 Å². The van der Waals surface area contributed by atoms with E-state index in [1.54, 1.807) is 6.08 Å². The minimum atomic E-state index is -1.33. The van der Waals surface area contributed by atoms with Crippen molar-refractivity contribution in [2.75, 3.05) is 0 Å². The minimum Gasteiger partial charge on any atom is -0.296 e. The number of benzene rings is 2. The highest BCUT2D eigenvalue weighted by atomic mass is 16.1. The van der Waals surface area contributed by atoms with E-state index in [2.05, 4.69) is 10.2 Å². The highest BCUT2D eigenvalue weighted by Crippen LogP contribution is 2.28. The first kappa shape index (κ1) is 14.4. The van der Waals surface area contributed by atoms with E-state index in [-0.39, 0.29) is 5.78 Å². The van der Waals surface area contributed by atoms with Crippen LogP contribution in [0.4, 0.5) is 0 Å². The maximum Gasteiger partial charge on any atom is 0.209 e. The van der Waals surface area contributed by atoms with Crippen molar-refractivity contribution in [1.29, 1.82) is 0 Å². The molecule has 1 aliphatic heterocycles. The van der Waals surface area contributed by atoms with Gasteiger partial charge in [0.15, 0.2) is 5.78 Å². The van der Waals surface area contributed by atoms with E-state index < -0.39 is 5.66 Å². The molecule has 0 radical (unpaired) electrons. The third-order valence-corrected chi connectivity index (χ3v) is 3.68. The fourth-order valence-electron chi connectivity index (χ4n) is 2.39. The van der Waals surface area contributed by atoms with Crippen molar-refractivity contribution in [3.8, 4) is 0 Å². The maximum absolute atomic E-state index is 12.4. The van der Waals surface area contributed by atoms with E-state index in [0.717, 1.165) is 11.1 Å². The highest BCUT2D eigenvalue weighted by molar-refractivity contribution is 5.93. The van der Waals surface area contributed by atoms with Gasteiger partial charge in [0.1, 0.15) is 0 Å². The average Bonchev–Trinajstić information content (AvgIpc) is 2.98. The van der Waals surface area contributed by atoms with Crippen LogP contribution in [-0.4, -0.2) is 11.4 Å². The molecule has 0 saturated heterocycles. The summed E-state index contributed by atoms with van der Waals surface area (Å²) < 4.78 is 0. The monoisotopic (exact) mass is 291 g/mol. The van der Waals surface area contributed by atoms with Crippen molar-refractivity contribution in [2.45, 2.75) is 18.5 Å². The molecule has 1 unspecified atom stereocenters. The molecule has 0 saturated carbocycles. The third kappa shape index (κ3) is 3.02. The Morgan fingerprint density at radius 3 is 2.32 bits per heavy atom. The van der Waals surface area contributed by atoms with Crippen molar-refractivity contribution in [3.05, 3.63) is 77.9 Å². The molecule has 0 bridgehead atoms. The van der Waals surface area contributed by atoms with Gasteiger partial charge < -0.3 is 0 Å². The first-order valence-corrected chi connectivity index (χ1v) is 7.25. The van der Waals surface area contributed by atoms with Crippen LogP contribution in [0.5, 0.6) is 0 Å². The second-order valence-corrected chi connectivity index (χ2v) is 5.33. The Hall–Kier alpha value is -2.59. The molecule has 4 nitrogen and oxygen atoms in total. The number of nitrogens with two attached hydrogens (primary N) is 1. The summed E-state index contributed by atoms with van der Waals surface area (Å²) in [5.41, 5.74) is 7.45. The van der Waals surface area contributed by atoms with Gasteiger partial charge in [-0.1, -0.05) is 60.7 Å². The first-order chi connectivity index (χ1) is 10.7. The summed E-state index contributed by atoms with van der Waals surface area (Å²) in [6.07, 6.45) is 2.65. The van der Waals surface area contributed by atoms with Crippen molar-refractivity contribution < 1.29 is 4.79 Å². The Balaban J connectivity index is 1.70. The van der Waals surface area contributed by atoms with Gasteiger partial charge in [-0.25, -0.2) is 0 Å². The van der Waals surface area contributed by atoms with Crippen LogP contribution in [0.1, 0.15) is 17.5 Å². The topological polar surface area (TPSA) is 67.8 Å². The Labute approximate surface area is 129 Å². The number of hydrogen-bond acceptors (Lipinski definition) is 4. The van der Waals surface area contributed by atoms with Gasteiger partial charge in [-0.3, -0.25) is 10.5 Å².